The first-order valence-electron chi connectivity index (χ1n) is 3.73. The van der Waals surface area contributed by atoms with E-state index in [1.54, 1.807) is 37.6 Å². The van der Waals surface area contributed by atoms with Crippen molar-refractivity contribution in [1.82, 2.24) is 0 Å². The van der Waals surface area contributed by atoms with Crippen LogP contribution >= 0.6 is 6.46 Å². The van der Waals surface area contributed by atoms with Gasteiger partial charge in [0.15, 0.2) is 6.46 Å². The van der Waals surface area contributed by atoms with Gasteiger partial charge < -0.3 is 0 Å². The van der Waals surface area contributed by atoms with Crippen molar-refractivity contribution in [1.29, 1.82) is 0 Å². The summed E-state index contributed by atoms with van der Waals surface area (Å²) in [6, 6.07) is 8.79. The van der Waals surface area contributed by atoms with Crippen LogP contribution in [0.25, 0.3) is 0 Å². The van der Waals surface area contributed by atoms with Crippen LogP contribution in [0, 0.1) is 0 Å². The number of benzene rings is 1. The van der Waals surface area contributed by atoms with Gasteiger partial charge in [-0.15, -0.1) is 0 Å². The predicted molar refractivity (Wildman–Crippen MR) is 56.4 cm³/mol. The van der Waals surface area contributed by atoms with Crippen LogP contribution < -0.4 is 5.30 Å². The van der Waals surface area contributed by atoms with Gasteiger partial charge in [0.25, 0.3) is 0 Å². The molecule has 72 valence electrons. The summed E-state index contributed by atoms with van der Waals surface area (Å²) in [5.41, 5.74) is 0. The topological polar surface area (TPSA) is 54.4 Å². The highest BCUT2D eigenvalue weighted by atomic mass is 32.8. The first-order chi connectivity index (χ1) is 5.86. The van der Waals surface area contributed by atoms with Crippen molar-refractivity contribution in [2.45, 2.75) is 0 Å². The maximum absolute atomic E-state index is 11.1. The standard InChI is InChI=1S/C8H11O3PS/c1-12(2,13(9,10)11)8-6-4-3-5-7-8/h3-7H,1-2H3/p+1. The Morgan fingerprint density at radius 2 is 1.62 bits per heavy atom. The van der Waals surface area contributed by atoms with E-state index in [0.717, 1.165) is 0 Å². The second kappa shape index (κ2) is 3.37. The van der Waals surface area contributed by atoms with E-state index in [4.69, 9.17) is 4.55 Å². The van der Waals surface area contributed by atoms with Gasteiger partial charge in [-0.2, -0.15) is 8.42 Å². The molecule has 0 amide bonds. The van der Waals surface area contributed by atoms with Gasteiger partial charge in [-0.1, -0.05) is 18.2 Å². The molecular weight excluding hydrogens is 207 g/mol. The molecular formula is C8H12O3PS+. The molecule has 0 saturated heterocycles. The maximum Gasteiger partial charge on any atom is 0.385 e. The monoisotopic (exact) mass is 219 g/mol. The lowest BCUT2D eigenvalue weighted by atomic mass is 10.4. The fraction of sp³-hybridized carbons (Fsp3) is 0.250. The second-order valence-electron chi connectivity index (χ2n) is 3.13. The fourth-order valence-corrected chi connectivity index (χ4v) is 3.24. The van der Waals surface area contributed by atoms with Crippen molar-refractivity contribution >= 4 is 21.5 Å². The van der Waals surface area contributed by atoms with Crippen LogP contribution in [0.3, 0.4) is 0 Å². The maximum atomic E-state index is 11.1. The van der Waals surface area contributed by atoms with Gasteiger partial charge in [0.2, 0.25) is 0 Å². The highest BCUT2D eigenvalue weighted by molar-refractivity contribution is 8.56. The molecule has 0 bridgehead atoms. The molecule has 1 aromatic rings. The number of rotatable bonds is 2. The van der Waals surface area contributed by atoms with Crippen LogP contribution in [-0.2, 0) is 9.74 Å². The van der Waals surface area contributed by atoms with E-state index in [1.165, 1.54) is 0 Å². The Morgan fingerprint density at radius 3 is 2.00 bits per heavy atom. The van der Waals surface area contributed by atoms with Crippen LogP contribution in [0.1, 0.15) is 0 Å². The SMILES string of the molecule is C[P+](C)(c1ccccc1)S(=O)(=O)O. The number of hydrogen-bond donors (Lipinski definition) is 1. The molecule has 0 saturated carbocycles. The van der Waals surface area contributed by atoms with Crippen molar-refractivity contribution in [3.63, 3.8) is 0 Å². The smallest absolute Gasteiger partial charge is 0.257 e. The Bertz CT molecular complexity index is 383. The van der Waals surface area contributed by atoms with Crippen molar-refractivity contribution < 1.29 is 13.0 Å². The first-order valence-corrected chi connectivity index (χ1v) is 8.46. The first kappa shape index (κ1) is 10.6. The molecule has 1 rings (SSSR count). The molecule has 1 aromatic carbocycles. The van der Waals surface area contributed by atoms with Gasteiger partial charge in [-0.05, 0) is 12.1 Å². The van der Waals surface area contributed by atoms with Gasteiger partial charge in [-0.3, -0.25) is 4.55 Å². The van der Waals surface area contributed by atoms with E-state index in [1.807, 2.05) is 6.07 Å². The van der Waals surface area contributed by atoms with E-state index >= 15 is 0 Å². The molecule has 1 N–H and O–H groups in total. The van der Waals surface area contributed by atoms with Crippen LogP contribution in [0.2, 0.25) is 0 Å². The molecule has 0 aliphatic heterocycles. The van der Waals surface area contributed by atoms with E-state index in [-0.39, 0.29) is 0 Å². The molecule has 3 nitrogen and oxygen atoms in total. The van der Waals surface area contributed by atoms with Gasteiger partial charge in [0, 0.05) is 0 Å². The number of hydrogen-bond acceptors (Lipinski definition) is 2. The predicted octanol–water partition coefficient (Wildman–Crippen LogP) is 1.39. The quantitative estimate of drug-likeness (QED) is 0.604. The third-order valence-electron chi connectivity index (χ3n) is 1.95. The molecule has 0 atom stereocenters. The Labute approximate surface area is 78.6 Å². The molecule has 0 unspecified atom stereocenters. The van der Waals surface area contributed by atoms with Crippen molar-refractivity contribution in [3.05, 3.63) is 30.3 Å². The molecule has 0 heterocycles. The molecule has 0 radical (unpaired) electrons. The van der Waals surface area contributed by atoms with Gasteiger partial charge >= 0.3 is 9.74 Å². The van der Waals surface area contributed by atoms with Crippen LogP contribution in [-0.4, -0.2) is 26.3 Å². The largest absolute Gasteiger partial charge is 0.385 e. The molecule has 5 heteroatoms. The fourth-order valence-electron chi connectivity index (χ4n) is 0.920. The van der Waals surface area contributed by atoms with E-state index in [0.29, 0.717) is 5.30 Å². The zero-order valence-corrected chi connectivity index (χ0v) is 9.22. The second-order valence-corrected chi connectivity index (χ2v) is 11.4. The lowest BCUT2D eigenvalue weighted by Crippen LogP contribution is -2.16. The van der Waals surface area contributed by atoms with E-state index in [2.05, 4.69) is 0 Å². The summed E-state index contributed by atoms with van der Waals surface area (Å²) in [6.07, 6.45) is 0. The Morgan fingerprint density at radius 1 is 1.15 bits per heavy atom. The molecule has 0 aliphatic rings. The average molecular weight is 219 g/mol. The third kappa shape index (κ3) is 2.08. The van der Waals surface area contributed by atoms with Crippen LogP contribution in [0.15, 0.2) is 30.3 Å². The normalized spacial score (nSPS) is 12.8. The van der Waals surface area contributed by atoms with Gasteiger partial charge in [-0.25, -0.2) is 0 Å². The summed E-state index contributed by atoms with van der Waals surface area (Å²) < 4.78 is 31.1. The van der Waals surface area contributed by atoms with Crippen LogP contribution in [0.5, 0.6) is 0 Å². The molecule has 0 spiro atoms. The molecule has 0 aliphatic carbocycles. The molecule has 13 heavy (non-hydrogen) atoms. The zero-order chi connectivity index (χ0) is 10.1. The minimum Gasteiger partial charge on any atom is -0.257 e. The highest BCUT2D eigenvalue weighted by Crippen LogP contribution is 2.55. The minimum atomic E-state index is -3.94. The van der Waals surface area contributed by atoms with Crippen molar-refractivity contribution in [2.75, 3.05) is 13.3 Å². The molecule has 0 aromatic heterocycles. The lowest BCUT2D eigenvalue weighted by molar-refractivity contribution is 0.501. The van der Waals surface area contributed by atoms with Crippen molar-refractivity contribution in [2.24, 2.45) is 0 Å². The summed E-state index contributed by atoms with van der Waals surface area (Å²) in [5, 5.41) is 0.692. The summed E-state index contributed by atoms with van der Waals surface area (Å²) in [4.78, 5) is 0. The van der Waals surface area contributed by atoms with Crippen molar-refractivity contribution in [3.8, 4) is 0 Å². The Balaban J connectivity index is 3.24. The summed E-state index contributed by atoms with van der Waals surface area (Å²) in [7, 11) is -3.94. The van der Waals surface area contributed by atoms with E-state index < -0.39 is 16.2 Å². The van der Waals surface area contributed by atoms with E-state index in [9.17, 15) is 8.42 Å². The summed E-state index contributed by atoms with van der Waals surface area (Å²) in [5.74, 6) is 0. The zero-order valence-electron chi connectivity index (χ0n) is 7.51. The highest BCUT2D eigenvalue weighted by Gasteiger charge is 2.43. The van der Waals surface area contributed by atoms with Gasteiger partial charge in [0.05, 0.1) is 13.3 Å². The molecule has 0 fully saturated rings. The third-order valence-corrected chi connectivity index (χ3v) is 8.74. The summed E-state index contributed by atoms with van der Waals surface area (Å²) >= 11 is 0. The minimum absolute atomic E-state index is 0.692. The Hall–Kier alpha value is -0.440. The average Bonchev–Trinajstić information content (AvgIpc) is 2.04. The van der Waals surface area contributed by atoms with Gasteiger partial charge in [0.1, 0.15) is 5.30 Å². The van der Waals surface area contributed by atoms with Crippen LogP contribution in [0.4, 0.5) is 0 Å². The Kier molecular flexibility index (Phi) is 2.76. The summed E-state index contributed by atoms with van der Waals surface area (Å²) in [6.45, 7) is 0.711. The lowest BCUT2D eigenvalue weighted by Gasteiger charge is -2.12.